The lowest BCUT2D eigenvalue weighted by atomic mass is 10.00. The molecule has 2 amide bonds. The van der Waals surface area contributed by atoms with E-state index >= 15 is 0 Å². The van der Waals surface area contributed by atoms with Crippen LogP contribution >= 0.6 is 0 Å². The van der Waals surface area contributed by atoms with E-state index in [1.54, 1.807) is 16.4 Å². The van der Waals surface area contributed by atoms with Crippen LogP contribution in [0.3, 0.4) is 0 Å². The predicted octanol–water partition coefficient (Wildman–Crippen LogP) is 1.79. The number of amides is 2. The smallest absolute Gasteiger partial charge is 0.319 e. The first kappa shape index (κ1) is 20.5. The molecule has 2 bridgehead atoms. The number of piperidine rings is 1. The minimum atomic E-state index is -3.22. The fourth-order valence-corrected chi connectivity index (χ4v) is 5.77. The Morgan fingerprint density at radius 1 is 1.04 bits per heavy atom. The summed E-state index contributed by atoms with van der Waals surface area (Å²) in [7, 11) is 1.31. The van der Waals surface area contributed by atoms with Crippen molar-refractivity contribution in [3.8, 4) is 17.2 Å². The molecule has 0 aliphatic carbocycles. The molecule has 0 saturated carbocycles. The Hall–Kier alpha value is -2.20. The molecule has 9 nitrogen and oxygen atoms in total. The normalized spacial score (nSPS) is 24.5. The van der Waals surface area contributed by atoms with Gasteiger partial charge in [-0.15, -0.1) is 0 Å². The summed E-state index contributed by atoms with van der Waals surface area (Å²) in [6, 6.07) is 2.79. The quantitative estimate of drug-likeness (QED) is 0.737. The van der Waals surface area contributed by atoms with Crippen molar-refractivity contribution < 1.29 is 27.4 Å². The highest BCUT2D eigenvalue weighted by Gasteiger charge is 2.45. The third-order valence-corrected chi connectivity index (χ3v) is 6.67. The SMILES string of the molecule is COc1cc(NC(=O)NC2CC3CCC(C2)N3S(C)(=O)=O)cc(OC)c1OC. The fourth-order valence-electron chi connectivity index (χ4n) is 4.30. The average Bonchev–Trinajstić information content (AvgIpc) is 2.93. The summed E-state index contributed by atoms with van der Waals surface area (Å²) in [5.74, 6) is 1.33. The Labute approximate surface area is 165 Å². The summed E-state index contributed by atoms with van der Waals surface area (Å²) < 4.78 is 41.4. The minimum absolute atomic E-state index is 0.0415. The maximum Gasteiger partial charge on any atom is 0.319 e. The number of carbonyl (C=O) groups is 1. The van der Waals surface area contributed by atoms with E-state index in [2.05, 4.69) is 10.6 Å². The molecule has 1 aromatic rings. The van der Waals surface area contributed by atoms with E-state index in [-0.39, 0.29) is 24.2 Å². The van der Waals surface area contributed by atoms with Crippen molar-refractivity contribution in [1.82, 2.24) is 9.62 Å². The van der Waals surface area contributed by atoms with Gasteiger partial charge in [-0.05, 0) is 25.7 Å². The summed E-state index contributed by atoms with van der Waals surface area (Å²) >= 11 is 0. The Balaban J connectivity index is 1.66. The summed E-state index contributed by atoms with van der Waals surface area (Å²) in [4.78, 5) is 12.5. The molecular formula is C18H27N3O6S. The number of hydrogen-bond donors (Lipinski definition) is 2. The highest BCUT2D eigenvalue weighted by molar-refractivity contribution is 7.88. The second kappa shape index (κ2) is 8.04. The summed E-state index contributed by atoms with van der Waals surface area (Å²) in [5, 5.41) is 5.74. The van der Waals surface area contributed by atoms with Crippen molar-refractivity contribution in [2.24, 2.45) is 0 Å². The number of rotatable bonds is 6. The van der Waals surface area contributed by atoms with Gasteiger partial charge in [-0.25, -0.2) is 13.2 Å². The monoisotopic (exact) mass is 413 g/mol. The van der Waals surface area contributed by atoms with Crippen molar-refractivity contribution in [2.75, 3.05) is 32.9 Å². The van der Waals surface area contributed by atoms with E-state index < -0.39 is 10.0 Å². The topological polar surface area (TPSA) is 106 Å². The van der Waals surface area contributed by atoms with E-state index in [9.17, 15) is 13.2 Å². The molecule has 0 aromatic heterocycles. The molecule has 156 valence electrons. The zero-order valence-corrected chi connectivity index (χ0v) is 17.3. The lowest BCUT2D eigenvalue weighted by Crippen LogP contribution is -2.52. The van der Waals surface area contributed by atoms with Gasteiger partial charge in [-0.1, -0.05) is 0 Å². The van der Waals surface area contributed by atoms with Gasteiger partial charge >= 0.3 is 6.03 Å². The number of hydrogen-bond acceptors (Lipinski definition) is 6. The van der Waals surface area contributed by atoms with Crippen LogP contribution in [0, 0.1) is 0 Å². The third-order valence-electron chi connectivity index (χ3n) is 5.31. The van der Waals surface area contributed by atoms with Gasteiger partial charge in [0.05, 0.1) is 33.3 Å². The number of nitrogens with zero attached hydrogens (tertiary/aromatic N) is 1. The zero-order chi connectivity index (χ0) is 20.5. The Morgan fingerprint density at radius 3 is 2.00 bits per heavy atom. The molecule has 2 aliphatic heterocycles. The number of fused-ring (bicyclic) bond motifs is 2. The molecule has 3 rings (SSSR count). The lowest BCUT2D eigenvalue weighted by molar-refractivity contribution is 0.204. The van der Waals surface area contributed by atoms with Crippen LogP contribution in [-0.4, -0.2) is 64.5 Å². The molecule has 10 heteroatoms. The number of ether oxygens (including phenoxy) is 3. The maximum atomic E-state index is 12.5. The molecule has 0 spiro atoms. The number of carbonyl (C=O) groups excluding carboxylic acids is 1. The zero-order valence-electron chi connectivity index (χ0n) is 16.5. The maximum absolute atomic E-state index is 12.5. The number of urea groups is 1. The van der Waals surface area contributed by atoms with Gasteiger partial charge in [0, 0.05) is 30.3 Å². The second-order valence-corrected chi connectivity index (χ2v) is 9.05. The highest BCUT2D eigenvalue weighted by Crippen LogP contribution is 2.40. The first-order chi connectivity index (χ1) is 13.3. The number of sulfonamides is 1. The van der Waals surface area contributed by atoms with Crippen LogP contribution in [0.4, 0.5) is 10.5 Å². The van der Waals surface area contributed by atoms with Gasteiger partial charge in [-0.3, -0.25) is 0 Å². The van der Waals surface area contributed by atoms with Crippen LogP contribution in [0.2, 0.25) is 0 Å². The van der Waals surface area contributed by atoms with Crippen LogP contribution in [0.5, 0.6) is 17.2 Å². The predicted molar refractivity (Wildman–Crippen MR) is 105 cm³/mol. The molecule has 2 heterocycles. The number of methoxy groups -OCH3 is 3. The summed E-state index contributed by atoms with van der Waals surface area (Å²) in [5.41, 5.74) is 0.503. The van der Waals surface area contributed by atoms with Crippen molar-refractivity contribution in [2.45, 2.75) is 43.8 Å². The molecule has 2 atom stereocenters. The van der Waals surface area contributed by atoms with Crippen LogP contribution in [0.1, 0.15) is 25.7 Å². The first-order valence-corrected chi connectivity index (χ1v) is 11.0. The minimum Gasteiger partial charge on any atom is -0.493 e. The lowest BCUT2D eigenvalue weighted by Gasteiger charge is -2.37. The molecule has 1 aromatic carbocycles. The van der Waals surface area contributed by atoms with Gasteiger partial charge < -0.3 is 24.8 Å². The van der Waals surface area contributed by atoms with Crippen molar-refractivity contribution >= 4 is 21.7 Å². The van der Waals surface area contributed by atoms with Crippen molar-refractivity contribution in [3.05, 3.63) is 12.1 Å². The molecular weight excluding hydrogens is 386 g/mol. The highest BCUT2D eigenvalue weighted by atomic mass is 32.2. The average molecular weight is 413 g/mol. The van der Waals surface area contributed by atoms with Crippen LogP contribution in [0.15, 0.2) is 12.1 Å². The molecule has 28 heavy (non-hydrogen) atoms. The van der Waals surface area contributed by atoms with Gasteiger partial charge in [0.25, 0.3) is 0 Å². The number of benzene rings is 1. The number of anilines is 1. The van der Waals surface area contributed by atoms with Crippen LogP contribution < -0.4 is 24.8 Å². The van der Waals surface area contributed by atoms with E-state index in [1.165, 1.54) is 27.6 Å². The molecule has 2 N–H and O–H groups in total. The Bertz CT molecular complexity index is 805. The first-order valence-electron chi connectivity index (χ1n) is 9.12. The molecule has 2 aliphatic rings. The molecule has 2 saturated heterocycles. The molecule has 0 radical (unpaired) electrons. The largest absolute Gasteiger partial charge is 0.493 e. The second-order valence-electron chi connectivity index (χ2n) is 7.16. The Morgan fingerprint density at radius 2 is 1.57 bits per heavy atom. The molecule has 2 fully saturated rings. The fraction of sp³-hybridized carbons (Fsp3) is 0.611. The number of nitrogens with one attached hydrogen (secondary N) is 2. The summed E-state index contributed by atoms with van der Waals surface area (Å²) in [6.45, 7) is 0. The van der Waals surface area contributed by atoms with E-state index in [0.717, 1.165) is 12.8 Å². The van der Waals surface area contributed by atoms with Gasteiger partial charge in [0.1, 0.15) is 0 Å². The standard InChI is InChI=1S/C18H27N3O6S/c1-25-15-9-12(10-16(26-2)17(15)27-3)20-18(22)19-11-7-13-5-6-14(8-11)21(13)28(4,23)24/h9-11,13-14H,5-8H2,1-4H3,(H2,19,20,22). The van der Waals surface area contributed by atoms with Gasteiger partial charge in [0.2, 0.25) is 15.8 Å². The van der Waals surface area contributed by atoms with Gasteiger partial charge in [0.15, 0.2) is 11.5 Å². The van der Waals surface area contributed by atoms with Gasteiger partial charge in [-0.2, -0.15) is 4.31 Å². The van der Waals surface area contributed by atoms with Crippen LogP contribution in [-0.2, 0) is 10.0 Å². The van der Waals surface area contributed by atoms with E-state index in [4.69, 9.17) is 14.2 Å². The van der Waals surface area contributed by atoms with E-state index in [1.807, 2.05) is 0 Å². The Kier molecular flexibility index (Phi) is 5.90. The third kappa shape index (κ3) is 4.12. The van der Waals surface area contributed by atoms with Crippen LogP contribution in [0.25, 0.3) is 0 Å². The van der Waals surface area contributed by atoms with Crippen molar-refractivity contribution in [3.63, 3.8) is 0 Å². The molecule has 2 unspecified atom stereocenters. The summed E-state index contributed by atoms with van der Waals surface area (Å²) in [6.07, 6.45) is 4.16. The van der Waals surface area contributed by atoms with E-state index in [0.29, 0.717) is 35.8 Å². The van der Waals surface area contributed by atoms with Crippen molar-refractivity contribution in [1.29, 1.82) is 0 Å².